The molecule has 0 atom stereocenters. The molecule has 0 aliphatic carbocycles. The van der Waals surface area contributed by atoms with Crippen LogP contribution in [0.1, 0.15) is 36.1 Å². The lowest BCUT2D eigenvalue weighted by molar-refractivity contribution is -0.113. The summed E-state index contributed by atoms with van der Waals surface area (Å²) in [6.45, 7) is 10.2. The molecule has 0 radical (unpaired) electrons. The van der Waals surface area contributed by atoms with E-state index < -0.39 is 5.91 Å². The van der Waals surface area contributed by atoms with Gasteiger partial charge in [0.25, 0.3) is 0 Å². The average Bonchev–Trinajstić information content (AvgIpc) is 2.50. The van der Waals surface area contributed by atoms with E-state index in [-0.39, 0.29) is 0 Å². The van der Waals surface area contributed by atoms with Crippen LogP contribution in [-0.4, -0.2) is 13.0 Å². The Morgan fingerprint density at radius 1 is 1.08 bits per heavy atom. The number of allylic oxidation sites excluding steroid dienone is 6. The van der Waals surface area contributed by atoms with Gasteiger partial charge in [-0.05, 0) is 68.5 Å². The molecule has 0 aliphatic rings. The number of amides is 1. The SMILES string of the molecule is COc1cc(C)c(C=CC(C)=CC=CC(C)=CC(N)=O)c(C)c1C. The molecule has 3 heteroatoms. The number of primary amides is 1. The van der Waals surface area contributed by atoms with Crippen LogP contribution in [0.3, 0.4) is 0 Å². The van der Waals surface area contributed by atoms with Gasteiger partial charge in [-0.25, -0.2) is 0 Å². The molecule has 1 amide bonds. The molecular formula is C21H27NO2. The summed E-state index contributed by atoms with van der Waals surface area (Å²) in [6.07, 6.45) is 11.4. The molecule has 0 heterocycles. The Morgan fingerprint density at radius 2 is 1.75 bits per heavy atom. The number of ether oxygens (including phenoxy) is 1. The van der Waals surface area contributed by atoms with Crippen LogP contribution in [0.15, 0.2) is 47.6 Å². The minimum atomic E-state index is -0.432. The molecule has 0 aliphatic heterocycles. The Hall–Kier alpha value is -2.55. The molecule has 0 unspecified atom stereocenters. The van der Waals surface area contributed by atoms with Crippen LogP contribution >= 0.6 is 0 Å². The smallest absolute Gasteiger partial charge is 0.241 e. The second kappa shape index (κ2) is 8.92. The molecular weight excluding hydrogens is 298 g/mol. The summed E-state index contributed by atoms with van der Waals surface area (Å²) >= 11 is 0. The quantitative estimate of drug-likeness (QED) is 0.615. The highest BCUT2D eigenvalue weighted by Gasteiger charge is 2.08. The van der Waals surface area contributed by atoms with E-state index >= 15 is 0 Å². The van der Waals surface area contributed by atoms with E-state index in [0.717, 1.165) is 22.5 Å². The fourth-order valence-corrected chi connectivity index (χ4v) is 2.43. The molecule has 0 fully saturated rings. The second-order valence-corrected chi connectivity index (χ2v) is 5.95. The third-order valence-electron chi connectivity index (χ3n) is 3.93. The van der Waals surface area contributed by atoms with Crippen molar-refractivity contribution in [2.45, 2.75) is 34.6 Å². The minimum absolute atomic E-state index is 0.432. The summed E-state index contributed by atoms with van der Waals surface area (Å²) in [6, 6.07) is 2.07. The van der Waals surface area contributed by atoms with Crippen LogP contribution < -0.4 is 10.5 Å². The van der Waals surface area contributed by atoms with E-state index in [1.807, 2.05) is 32.1 Å². The highest BCUT2D eigenvalue weighted by molar-refractivity contribution is 5.86. The van der Waals surface area contributed by atoms with Crippen molar-refractivity contribution in [1.29, 1.82) is 0 Å². The summed E-state index contributed by atoms with van der Waals surface area (Å²) < 4.78 is 5.41. The van der Waals surface area contributed by atoms with Gasteiger partial charge in [0.1, 0.15) is 5.75 Å². The summed E-state index contributed by atoms with van der Waals surface area (Å²) in [5, 5.41) is 0. The van der Waals surface area contributed by atoms with Gasteiger partial charge in [0, 0.05) is 6.08 Å². The van der Waals surface area contributed by atoms with Crippen molar-refractivity contribution in [2.75, 3.05) is 7.11 Å². The fourth-order valence-electron chi connectivity index (χ4n) is 2.43. The first-order valence-corrected chi connectivity index (χ1v) is 7.91. The highest BCUT2D eigenvalue weighted by Crippen LogP contribution is 2.28. The van der Waals surface area contributed by atoms with E-state index in [0.29, 0.717) is 0 Å². The first-order chi connectivity index (χ1) is 11.3. The van der Waals surface area contributed by atoms with Gasteiger partial charge >= 0.3 is 0 Å². The molecule has 0 saturated heterocycles. The molecule has 0 spiro atoms. The van der Waals surface area contributed by atoms with Crippen LogP contribution in [0.2, 0.25) is 0 Å². The number of nitrogens with two attached hydrogens (primary N) is 1. The highest BCUT2D eigenvalue weighted by atomic mass is 16.5. The van der Waals surface area contributed by atoms with Crippen molar-refractivity contribution in [3.05, 3.63) is 69.8 Å². The van der Waals surface area contributed by atoms with Gasteiger partial charge in [0.2, 0.25) is 5.91 Å². The monoisotopic (exact) mass is 325 g/mol. The Kier molecular flexibility index (Phi) is 7.25. The number of benzene rings is 1. The van der Waals surface area contributed by atoms with Crippen molar-refractivity contribution in [3.8, 4) is 5.75 Å². The van der Waals surface area contributed by atoms with E-state index in [1.165, 1.54) is 22.8 Å². The molecule has 1 rings (SSSR count). The van der Waals surface area contributed by atoms with E-state index in [9.17, 15) is 4.79 Å². The van der Waals surface area contributed by atoms with Gasteiger partial charge in [-0.2, -0.15) is 0 Å². The zero-order valence-corrected chi connectivity index (χ0v) is 15.4. The van der Waals surface area contributed by atoms with Gasteiger partial charge in [-0.3, -0.25) is 4.79 Å². The van der Waals surface area contributed by atoms with E-state index in [2.05, 4.69) is 39.0 Å². The molecule has 0 saturated carbocycles. The lowest BCUT2D eigenvalue weighted by Gasteiger charge is -2.13. The summed E-state index contributed by atoms with van der Waals surface area (Å²) in [5.74, 6) is 0.493. The van der Waals surface area contributed by atoms with Gasteiger partial charge in [0.05, 0.1) is 7.11 Å². The number of rotatable bonds is 6. The first-order valence-electron chi connectivity index (χ1n) is 7.91. The predicted octanol–water partition coefficient (Wildman–Crippen LogP) is 4.57. The maximum Gasteiger partial charge on any atom is 0.241 e. The number of carbonyl (C=O) groups excluding carboxylic acids is 1. The number of carbonyl (C=O) groups is 1. The fraction of sp³-hybridized carbons (Fsp3) is 0.286. The van der Waals surface area contributed by atoms with Crippen LogP contribution in [0.5, 0.6) is 5.75 Å². The van der Waals surface area contributed by atoms with E-state index in [4.69, 9.17) is 10.5 Å². The standard InChI is InChI=1S/C21H27NO2/c1-14(8-7-9-15(2)12-21(22)23)10-11-19-16(3)13-20(24-6)18(5)17(19)4/h7-13H,1-6H3,(H2,22,23). The molecule has 0 bridgehead atoms. The molecule has 128 valence electrons. The zero-order chi connectivity index (χ0) is 18.3. The molecule has 3 nitrogen and oxygen atoms in total. The molecule has 2 N–H and O–H groups in total. The van der Waals surface area contributed by atoms with Crippen LogP contribution in [0, 0.1) is 20.8 Å². The largest absolute Gasteiger partial charge is 0.496 e. The summed E-state index contributed by atoms with van der Waals surface area (Å²) in [5.41, 5.74) is 11.9. The van der Waals surface area contributed by atoms with Crippen LogP contribution in [0.4, 0.5) is 0 Å². The third kappa shape index (κ3) is 5.58. The average molecular weight is 325 g/mol. The Bertz CT molecular complexity index is 735. The first kappa shape index (κ1) is 19.5. The van der Waals surface area contributed by atoms with Gasteiger partial charge in [-0.1, -0.05) is 36.0 Å². The normalized spacial score (nSPS) is 13.1. The Labute approximate surface area is 145 Å². The van der Waals surface area contributed by atoms with Crippen LogP contribution in [-0.2, 0) is 4.79 Å². The number of methoxy groups -OCH3 is 1. The number of aryl methyl sites for hydroxylation is 1. The van der Waals surface area contributed by atoms with Gasteiger partial charge in [0.15, 0.2) is 0 Å². The minimum Gasteiger partial charge on any atom is -0.496 e. The summed E-state index contributed by atoms with van der Waals surface area (Å²) in [7, 11) is 1.70. The topological polar surface area (TPSA) is 52.3 Å². The maximum absolute atomic E-state index is 10.8. The van der Waals surface area contributed by atoms with Crippen molar-refractivity contribution < 1.29 is 9.53 Å². The zero-order valence-electron chi connectivity index (χ0n) is 15.4. The number of hydrogen-bond acceptors (Lipinski definition) is 2. The van der Waals surface area contributed by atoms with Gasteiger partial charge in [-0.15, -0.1) is 0 Å². The lowest BCUT2D eigenvalue weighted by atomic mass is 9.96. The van der Waals surface area contributed by atoms with Crippen molar-refractivity contribution in [2.24, 2.45) is 5.73 Å². The van der Waals surface area contributed by atoms with Crippen LogP contribution in [0.25, 0.3) is 6.08 Å². The number of hydrogen-bond donors (Lipinski definition) is 1. The van der Waals surface area contributed by atoms with Crippen molar-refractivity contribution in [1.82, 2.24) is 0 Å². The Balaban J connectivity index is 2.97. The molecule has 1 aromatic carbocycles. The maximum atomic E-state index is 10.8. The third-order valence-corrected chi connectivity index (χ3v) is 3.93. The summed E-state index contributed by atoms with van der Waals surface area (Å²) in [4.78, 5) is 10.8. The molecule has 24 heavy (non-hydrogen) atoms. The predicted molar refractivity (Wildman–Crippen MR) is 102 cm³/mol. The Morgan fingerprint density at radius 3 is 2.33 bits per heavy atom. The second-order valence-electron chi connectivity index (χ2n) is 5.95. The van der Waals surface area contributed by atoms with E-state index in [1.54, 1.807) is 7.11 Å². The molecule has 0 aromatic heterocycles. The van der Waals surface area contributed by atoms with Crippen molar-refractivity contribution in [3.63, 3.8) is 0 Å². The van der Waals surface area contributed by atoms with Crippen molar-refractivity contribution >= 4 is 12.0 Å². The molecule has 1 aromatic rings. The van der Waals surface area contributed by atoms with Gasteiger partial charge < -0.3 is 10.5 Å². The lowest BCUT2D eigenvalue weighted by Crippen LogP contribution is -2.06.